The monoisotopic (exact) mass is 327 g/mol. The Kier molecular flexibility index (Phi) is 5.11. The zero-order valence-corrected chi connectivity index (χ0v) is 13.1. The van der Waals surface area contributed by atoms with Gasteiger partial charge in [-0.05, 0) is 18.6 Å². The van der Waals surface area contributed by atoms with Gasteiger partial charge in [-0.1, -0.05) is 48.5 Å². The van der Waals surface area contributed by atoms with Crippen LogP contribution in [0, 0.1) is 0 Å². The van der Waals surface area contributed by atoms with Crippen LogP contribution in [0.25, 0.3) is 0 Å². The molecule has 0 radical (unpaired) electrons. The third-order valence-corrected chi connectivity index (χ3v) is 3.44. The van der Waals surface area contributed by atoms with E-state index in [9.17, 15) is 19.5 Å². The molecule has 0 saturated carbocycles. The highest BCUT2D eigenvalue weighted by molar-refractivity contribution is 5.95. The Morgan fingerprint density at radius 1 is 1.04 bits per heavy atom. The van der Waals surface area contributed by atoms with Crippen molar-refractivity contribution in [2.45, 2.75) is 18.9 Å². The number of para-hydroxylation sites is 1. The van der Waals surface area contributed by atoms with Gasteiger partial charge >= 0.3 is 5.97 Å². The molecular formula is C18H17NO5. The highest BCUT2D eigenvalue weighted by Crippen LogP contribution is 2.35. The number of nitrogens with two attached hydrogens (primary N) is 1. The largest absolute Gasteiger partial charge is 0.426 e. The number of carbonyl (C=O) groups is 3. The van der Waals surface area contributed by atoms with E-state index in [4.69, 9.17) is 10.5 Å². The van der Waals surface area contributed by atoms with E-state index >= 15 is 0 Å². The number of hydrogen-bond acceptors (Lipinski definition) is 5. The molecule has 0 bridgehead atoms. The smallest absolute Gasteiger partial charge is 0.318 e. The van der Waals surface area contributed by atoms with Gasteiger partial charge in [0, 0.05) is 5.56 Å². The van der Waals surface area contributed by atoms with Crippen LogP contribution in [0.3, 0.4) is 0 Å². The minimum absolute atomic E-state index is 0.0283. The van der Waals surface area contributed by atoms with Crippen LogP contribution in [0.1, 0.15) is 24.5 Å². The zero-order chi connectivity index (χ0) is 17.7. The summed E-state index contributed by atoms with van der Waals surface area (Å²) >= 11 is 0. The molecule has 0 aromatic heterocycles. The van der Waals surface area contributed by atoms with Gasteiger partial charge in [0.1, 0.15) is 18.0 Å². The topological polar surface area (TPSA) is 107 Å². The van der Waals surface area contributed by atoms with Crippen molar-refractivity contribution in [3.8, 4) is 5.75 Å². The Hall–Kier alpha value is -2.99. The van der Waals surface area contributed by atoms with Crippen molar-refractivity contribution in [2.75, 3.05) is 0 Å². The Bertz CT molecular complexity index is 772. The molecule has 2 aromatic carbocycles. The van der Waals surface area contributed by atoms with E-state index in [1.165, 1.54) is 19.1 Å². The third-order valence-electron chi connectivity index (χ3n) is 3.44. The van der Waals surface area contributed by atoms with Crippen LogP contribution < -0.4 is 10.5 Å². The van der Waals surface area contributed by atoms with Crippen LogP contribution in [-0.2, 0) is 20.0 Å². The highest BCUT2D eigenvalue weighted by atomic mass is 16.5. The lowest BCUT2D eigenvalue weighted by Gasteiger charge is -2.27. The van der Waals surface area contributed by atoms with Crippen LogP contribution >= 0.6 is 0 Å². The molecule has 1 amide bonds. The van der Waals surface area contributed by atoms with Crippen molar-refractivity contribution in [3.05, 3.63) is 65.7 Å². The summed E-state index contributed by atoms with van der Waals surface area (Å²) in [4.78, 5) is 34.8. The number of amides is 1. The number of ketones is 1. The molecule has 0 aliphatic heterocycles. The second kappa shape index (κ2) is 7.06. The number of esters is 1. The SMILES string of the molecule is CC(=O)CC(=O)Oc1ccccc1C(O)(C(N)=O)c1ccccc1. The second-order valence-electron chi connectivity index (χ2n) is 5.29. The molecule has 0 saturated heterocycles. The average Bonchev–Trinajstić information content (AvgIpc) is 2.54. The van der Waals surface area contributed by atoms with Crippen LogP contribution in [0.5, 0.6) is 5.75 Å². The van der Waals surface area contributed by atoms with Crippen molar-refractivity contribution in [2.24, 2.45) is 5.73 Å². The molecular weight excluding hydrogens is 310 g/mol. The summed E-state index contributed by atoms with van der Waals surface area (Å²) in [5.74, 6) is -2.18. The number of ether oxygens (including phenoxy) is 1. The standard InChI is InChI=1S/C18H17NO5/c1-12(20)11-16(21)24-15-10-6-5-9-14(15)18(23,17(19)22)13-7-3-2-4-8-13/h2-10,23H,11H2,1H3,(H2,19,22). The summed E-state index contributed by atoms with van der Waals surface area (Å²) in [5.41, 5.74) is 3.53. The minimum atomic E-state index is -2.17. The van der Waals surface area contributed by atoms with Gasteiger partial charge in [-0.2, -0.15) is 0 Å². The lowest BCUT2D eigenvalue weighted by Crippen LogP contribution is -2.42. The molecule has 6 heteroatoms. The van der Waals surface area contributed by atoms with Gasteiger partial charge in [-0.15, -0.1) is 0 Å². The summed E-state index contributed by atoms with van der Waals surface area (Å²) in [6.07, 6.45) is -0.408. The number of hydrogen-bond donors (Lipinski definition) is 2. The molecule has 124 valence electrons. The summed E-state index contributed by atoms with van der Waals surface area (Å²) < 4.78 is 5.15. The number of primary amides is 1. The maximum atomic E-state index is 12.0. The first-order valence-electron chi connectivity index (χ1n) is 7.23. The van der Waals surface area contributed by atoms with Gasteiger partial charge in [0.15, 0.2) is 5.60 Å². The molecule has 0 fully saturated rings. The fourth-order valence-electron chi connectivity index (χ4n) is 2.33. The zero-order valence-electron chi connectivity index (χ0n) is 13.1. The van der Waals surface area contributed by atoms with Crippen molar-refractivity contribution in [3.63, 3.8) is 0 Å². The lowest BCUT2D eigenvalue weighted by atomic mass is 9.85. The van der Waals surface area contributed by atoms with E-state index in [0.717, 1.165) is 0 Å². The van der Waals surface area contributed by atoms with Gasteiger partial charge in [0.05, 0.1) is 0 Å². The van der Waals surface area contributed by atoms with Gasteiger partial charge in [0.2, 0.25) is 0 Å². The second-order valence-corrected chi connectivity index (χ2v) is 5.29. The third kappa shape index (κ3) is 3.49. The molecule has 0 aliphatic rings. The Labute approximate surface area is 138 Å². The van der Waals surface area contributed by atoms with Crippen molar-refractivity contribution in [1.82, 2.24) is 0 Å². The number of rotatable bonds is 6. The summed E-state index contributed by atoms with van der Waals surface area (Å²) in [6, 6.07) is 14.1. The molecule has 2 aromatic rings. The first-order chi connectivity index (χ1) is 11.4. The van der Waals surface area contributed by atoms with Gasteiger partial charge in [-0.3, -0.25) is 14.4 Å². The Balaban J connectivity index is 2.51. The quantitative estimate of drug-likeness (QED) is 0.472. The van der Waals surface area contributed by atoms with Gasteiger partial charge in [0.25, 0.3) is 5.91 Å². The van der Waals surface area contributed by atoms with Crippen LogP contribution in [0.2, 0.25) is 0 Å². The molecule has 1 atom stereocenters. The average molecular weight is 327 g/mol. The summed E-state index contributed by atoms with van der Waals surface area (Å²) in [7, 11) is 0. The Morgan fingerprint density at radius 3 is 2.21 bits per heavy atom. The Morgan fingerprint density at radius 2 is 1.62 bits per heavy atom. The minimum Gasteiger partial charge on any atom is -0.426 e. The van der Waals surface area contributed by atoms with E-state index in [1.54, 1.807) is 42.5 Å². The van der Waals surface area contributed by atoms with Crippen molar-refractivity contribution >= 4 is 17.7 Å². The number of carbonyl (C=O) groups excluding carboxylic acids is 3. The van der Waals surface area contributed by atoms with Crippen molar-refractivity contribution in [1.29, 1.82) is 0 Å². The van der Waals surface area contributed by atoms with Crippen LogP contribution in [0.15, 0.2) is 54.6 Å². The molecule has 24 heavy (non-hydrogen) atoms. The molecule has 2 rings (SSSR count). The van der Waals surface area contributed by atoms with E-state index in [1.807, 2.05) is 0 Å². The lowest BCUT2D eigenvalue weighted by molar-refractivity contribution is -0.138. The van der Waals surface area contributed by atoms with E-state index in [-0.39, 0.29) is 22.7 Å². The number of aliphatic hydroxyl groups is 1. The fraction of sp³-hybridized carbons (Fsp3) is 0.167. The van der Waals surface area contributed by atoms with Crippen LogP contribution in [0.4, 0.5) is 0 Å². The normalized spacial score (nSPS) is 12.9. The first-order valence-corrected chi connectivity index (χ1v) is 7.23. The predicted octanol–water partition coefficient (Wildman–Crippen LogP) is 1.29. The maximum absolute atomic E-state index is 12.0. The number of benzene rings is 2. The van der Waals surface area contributed by atoms with E-state index < -0.39 is 23.9 Å². The predicted molar refractivity (Wildman–Crippen MR) is 86.0 cm³/mol. The highest BCUT2D eigenvalue weighted by Gasteiger charge is 2.40. The molecule has 0 aliphatic carbocycles. The molecule has 1 unspecified atom stereocenters. The fourth-order valence-corrected chi connectivity index (χ4v) is 2.33. The molecule has 0 spiro atoms. The summed E-state index contributed by atoms with van der Waals surface area (Å²) in [6.45, 7) is 1.26. The molecule has 0 heterocycles. The molecule has 3 N–H and O–H groups in total. The van der Waals surface area contributed by atoms with E-state index in [0.29, 0.717) is 0 Å². The van der Waals surface area contributed by atoms with Crippen molar-refractivity contribution < 1.29 is 24.2 Å². The van der Waals surface area contributed by atoms with Gasteiger partial charge < -0.3 is 15.6 Å². The summed E-state index contributed by atoms with van der Waals surface area (Å²) in [5, 5.41) is 11.0. The number of Topliss-reactive ketones (excluding diaryl/α,β-unsaturated/α-hetero) is 1. The maximum Gasteiger partial charge on any atom is 0.318 e. The van der Waals surface area contributed by atoms with E-state index in [2.05, 4.69) is 0 Å². The van der Waals surface area contributed by atoms with Gasteiger partial charge in [-0.25, -0.2) is 0 Å². The molecule has 6 nitrogen and oxygen atoms in total. The first kappa shape index (κ1) is 17.4. The van der Waals surface area contributed by atoms with Crippen LogP contribution in [-0.4, -0.2) is 22.8 Å².